The van der Waals surface area contributed by atoms with Gasteiger partial charge in [-0.05, 0) is 23.8 Å². The highest BCUT2D eigenvalue weighted by atomic mass is 16.1. The molecule has 0 aliphatic carbocycles. The van der Waals surface area contributed by atoms with E-state index in [1.54, 1.807) is 0 Å². The van der Waals surface area contributed by atoms with Crippen LogP contribution in [0, 0.1) is 11.8 Å². The number of unbranched alkanes of at least 4 members (excludes halogenated alkanes) is 1. The van der Waals surface area contributed by atoms with Gasteiger partial charge in [0.25, 0.3) is 0 Å². The number of aldehydes is 1. The summed E-state index contributed by atoms with van der Waals surface area (Å²) < 4.78 is 0. The lowest BCUT2D eigenvalue weighted by atomic mass is 9.98. The van der Waals surface area contributed by atoms with Gasteiger partial charge in [-0.15, -0.1) is 0 Å². The molecular formula is C27H52O. The second kappa shape index (κ2) is 28.1. The van der Waals surface area contributed by atoms with E-state index in [4.69, 9.17) is 0 Å². The first kappa shape index (κ1) is 31.6. The van der Waals surface area contributed by atoms with Gasteiger partial charge in [0.05, 0.1) is 0 Å². The SMILES string of the molecule is CC.CCCC(CC)CC.CCCCC(C)CC.O=CCCc1ccccc1. The Kier molecular flexibility index (Phi) is 31.7. The zero-order chi connectivity index (χ0) is 22.0. The molecule has 0 aliphatic rings. The molecule has 0 saturated heterocycles. The van der Waals surface area contributed by atoms with Crippen LogP contribution in [0.1, 0.15) is 119 Å². The Morgan fingerprint density at radius 2 is 1.39 bits per heavy atom. The summed E-state index contributed by atoms with van der Waals surface area (Å²) in [5, 5.41) is 0. The van der Waals surface area contributed by atoms with Gasteiger partial charge in [0, 0.05) is 6.42 Å². The fraction of sp³-hybridized carbons (Fsp3) is 0.741. The van der Waals surface area contributed by atoms with Crippen molar-refractivity contribution < 1.29 is 4.79 Å². The summed E-state index contributed by atoms with van der Waals surface area (Å²) in [4.78, 5) is 9.98. The lowest BCUT2D eigenvalue weighted by Crippen LogP contribution is -1.94. The largest absolute Gasteiger partial charge is 0.303 e. The van der Waals surface area contributed by atoms with Crippen LogP contribution in [0.3, 0.4) is 0 Å². The van der Waals surface area contributed by atoms with Crippen molar-refractivity contribution in [2.24, 2.45) is 11.8 Å². The monoisotopic (exact) mass is 392 g/mol. The van der Waals surface area contributed by atoms with E-state index in [1.807, 2.05) is 44.2 Å². The molecule has 1 atom stereocenters. The molecule has 0 saturated carbocycles. The highest BCUT2D eigenvalue weighted by molar-refractivity contribution is 5.49. The van der Waals surface area contributed by atoms with Gasteiger partial charge in [0.15, 0.2) is 0 Å². The number of benzene rings is 1. The van der Waals surface area contributed by atoms with Gasteiger partial charge in [-0.25, -0.2) is 0 Å². The van der Waals surface area contributed by atoms with E-state index >= 15 is 0 Å². The summed E-state index contributed by atoms with van der Waals surface area (Å²) in [7, 11) is 0. The van der Waals surface area contributed by atoms with Crippen molar-refractivity contribution >= 4 is 6.29 Å². The standard InChI is InChI=1S/C9H10O.2C8H18.C2H6/c10-8-4-7-9-5-2-1-3-6-9;1-4-6-7-8(3)5-2;1-4-7-8(5-2)6-3;1-2/h1-3,5-6,8H,4,7H2;2*8H,4-7H2,1-3H3;1-2H3. The minimum atomic E-state index is 0.629. The summed E-state index contributed by atoms with van der Waals surface area (Å²) in [6, 6.07) is 10.0. The van der Waals surface area contributed by atoms with Crippen LogP contribution in [0.15, 0.2) is 30.3 Å². The quantitative estimate of drug-likeness (QED) is 0.343. The van der Waals surface area contributed by atoms with Crippen LogP contribution in [0.4, 0.5) is 0 Å². The topological polar surface area (TPSA) is 17.1 Å². The Bertz CT molecular complexity index is 367. The first-order valence-electron chi connectivity index (χ1n) is 12.1. The number of aryl methyl sites for hydroxylation is 1. The molecule has 0 radical (unpaired) electrons. The summed E-state index contributed by atoms with van der Waals surface area (Å²) in [5.41, 5.74) is 1.23. The van der Waals surface area contributed by atoms with Crippen molar-refractivity contribution in [3.8, 4) is 0 Å². The van der Waals surface area contributed by atoms with E-state index in [0.717, 1.165) is 24.5 Å². The third-order valence-electron chi connectivity index (χ3n) is 4.99. The number of carbonyl (C=O) groups excluding carboxylic acids is 1. The minimum absolute atomic E-state index is 0.629. The smallest absolute Gasteiger partial charge is 0.120 e. The molecule has 0 spiro atoms. The van der Waals surface area contributed by atoms with Crippen LogP contribution in [0.2, 0.25) is 0 Å². The van der Waals surface area contributed by atoms with Crippen LogP contribution in [-0.2, 0) is 11.2 Å². The molecule has 28 heavy (non-hydrogen) atoms. The predicted molar refractivity (Wildman–Crippen MR) is 130 cm³/mol. The van der Waals surface area contributed by atoms with E-state index in [-0.39, 0.29) is 0 Å². The zero-order valence-electron chi connectivity index (χ0n) is 20.6. The molecule has 1 unspecified atom stereocenters. The highest BCUT2D eigenvalue weighted by Crippen LogP contribution is 2.13. The van der Waals surface area contributed by atoms with Crippen molar-refractivity contribution in [2.75, 3.05) is 0 Å². The van der Waals surface area contributed by atoms with E-state index < -0.39 is 0 Å². The fourth-order valence-electron chi connectivity index (χ4n) is 2.73. The minimum Gasteiger partial charge on any atom is -0.303 e. The molecule has 1 aromatic carbocycles. The van der Waals surface area contributed by atoms with Crippen LogP contribution < -0.4 is 0 Å². The highest BCUT2D eigenvalue weighted by Gasteiger charge is 1.98. The number of carbonyl (C=O) groups is 1. The van der Waals surface area contributed by atoms with Gasteiger partial charge in [-0.1, -0.05) is 137 Å². The Labute approximate surface area is 178 Å². The predicted octanol–water partition coefficient (Wildman–Crippen LogP) is 9.29. The molecule has 1 rings (SSSR count). The van der Waals surface area contributed by atoms with Gasteiger partial charge in [0.1, 0.15) is 6.29 Å². The molecule has 0 heterocycles. The van der Waals surface area contributed by atoms with Crippen LogP contribution in [-0.4, -0.2) is 6.29 Å². The first-order chi connectivity index (χ1) is 13.6. The molecule has 0 fully saturated rings. The Balaban J connectivity index is -0.000000324. The molecule has 0 amide bonds. The third kappa shape index (κ3) is 24.9. The van der Waals surface area contributed by atoms with Crippen LogP contribution >= 0.6 is 0 Å². The van der Waals surface area contributed by atoms with Crippen molar-refractivity contribution in [3.05, 3.63) is 35.9 Å². The molecule has 0 bridgehead atoms. The molecular weight excluding hydrogens is 340 g/mol. The third-order valence-corrected chi connectivity index (χ3v) is 4.99. The maximum atomic E-state index is 9.98. The van der Waals surface area contributed by atoms with Gasteiger partial charge in [-0.3, -0.25) is 0 Å². The Morgan fingerprint density at radius 3 is 1.75 bits per heavy atom. The molecule has 0 aliphatic heterocycles. The van der Waals surface area contributed by atoms with Crippen LogP contribution in [0.5, 0.6) is 0 Å². The second-order valence-electron chi connectivity index (χ2n) is 7.32. The lowest BCUT2D eigenvalue weighted by molar-refractivity contribution is -0.107. The van der Waals surface area contributed by atoms with E-state index in [9.17, 15) is 4.79 Å². The molecule has 0 N–H and O–H groups in total. The number of hydrogen-bond acceptors (Lipinski definition) is 1. The van der Waals surface area contributed by atoms with Gasteiger partial charge < -0.3 is 4.79 Å². The number of hydrogen-bond donors (Lipinski definition) is 0. The fourth-order valence-corrected chi connectivity index (χ4v) is 2.73. The van der Waals surface area contributed by atoms with Crippen molar-refractivity contribution in [3.63, 3.8) is 0 Å². The summed E-state index contributed by atoms with van der Waals surface area (Å²) in [6.45, 7) is 17.7. The normalized spacial score (nSPS) is 10.5. The average Bonchev–Trinajstić information content (AvgIpc) is 2.77. The summed E-state index contributed by atoms with van der Waals surface area (Å²) in [6.07, 6.45) is 13.5. The van der Waals surface area contributed by atoms with E-state index in [0.29, 0.717) is 6.42 Å². The maximum absolute atomic E-state index is 9.98. The first-order valence-corrected chi connectivity index (χ1v) is 12.1. The van der Waals surface area contributed by atoms with Crippen molar-refractivity contribution in [2.45, 2.75) is 120 Å². The Hall–Kier alpha value is -1.11. The molecule has 1 aromatic rings. The summed E-state index contributed by atoms with van der Waals surface area (Å²) >= 11 is 0. The van der Waals surface area contributed by atoms with Gasteiger partial charge in [-0.2, -0.15) is 0 Å². The van der Waals surface area contributed by atoms with Crippen molar-refractivity contribution in [1.82, 2.24) is 0 Å². The van der Waals surface area contributed by atoms with Crippen LogP contribution in [0.25, 0.3) is 0 Å². The van der Waals surface area contributed by atoms with Gasteiger partial charge in [0.2, 0.25) is 0 Å². The molecule has 1 heteroatoms. The number of rotatable bonds is 11. The van der Waals surface area contributed by atoms with Gasteiger partial charge >= 0.3 is 0 Å². The maximum Gasteiger partial charge on any atom is 0.120 e. The Morgan fingerprint density at radius 1 is 0.821 bits per heavy atom. The summed E-state index contributed by atoms with van der Waals surface area (Å²) in [5.74, 6) is 1.95. The second-order valence-corrected chi connectivity index (χ2v) is 7.32. The molecule has 166 valence electrons. The van der Waals surface area contributed by atoms with E-state index in [1.165, 1.54) is 56.9 Å². The molecule has 0 aromatic heterocycles. The van der Waals surface area contributed by atoms with E-state index in [2.05, 4.69) is 41.5 Å². The zero-order valence-corrected chi connectivity index (χ0v) is 20.6. The average molecular weight is 393 g/mol. The lowest BCUT2D eigenvalue weighted by Gasteiger charge is -2.08. The molecule has 1 nitrogen and oxygen atoms in total. The van der Waals surface area contributed by atoms with Crippen molar-refractivity contribution in [1.29, 1.82) is 0 Å².